The summed E-state index contributed by atoms with van der Waals surface area (Å²) in [4.78, 5) is 23.8. The molecule has 0 spiro atoms. The number of ether oxygens (including phenoxy) is 1. The fourth-order valence-electron chi connectivity index (χ4n) is 8.90. The van der Waals surface area contributed by atoms with Crippen molar-refractivity contribution in [2.24, 2.45) is 28.6 Å². The molecular formula is C27H40O4. The third-order valence-electron chi connectivity index (χ3n) is 10.7. The van der Waals surface area contributed by atoms with Crippen molar-refractivity contribution in [3.63, 3.8) is 0 Å². The zero-order valence-electron chi connectivity index (χ0n) is 19.7. The van der Waals surface area contributed by atoms with Crippen LogP contribution in [0.25, 0.3) is 0 Å². The minimum Gasteiger partial charge on any atom is -0.462 e. The molecule has 1 N–H and O–H groups in total. The minimum absolute atomic E-state index is 0.0676. The second-order valence-electron chi connectivity index (χ2n) is 11.8. The van der Waals surface area contributed by atoms with Gasteiger partial charge in [0, 0.05) is 24.7 Å². The van der Waals surface area contributed by atoms with Gasteiger partial charge in [0.1, 0.15) is 11.9 Å². The van der Waals surface area contributed by atoms with E-state index in [0.29, 0.717) is 42.8 Å². The first kappa shape index (κ1) is 21.7. The summed E-state index contributed by atoms with van der Waals surface area (Å²) < 4.78 is 5.73. The molecule has 5 rings (SSSR count). The molecule has 5 aliphatic rings. The maximum absolute atomic E-state index is 12.3. The monoisotopic (exact) mass is 428 g/mol. The van der Waals surface area contributed by atoms with Crippen LogP contribution in [0, 0.1) is 28.6 Å². The molecule has 0 aliphatic heterocycles. The molecular weight excluding hydrogens is 388 g/mol. The Bertz CT molecular complexity index is 814. The molecule has 0 heterocycles. The SMILES string of the molecule is CCC(=O)OC1CCC2(C)C(CC[C@@H]3[C@@H]2CCC2(C)C(=C4CCC(=O)C4)CCC32O)C1. The molecule has 4 heteroatoms. The Hall–Kier alpha value is -1.16. The van der Waals surface area contributed by atoms with Crippen molar-refractivity contribution in [3.8, 4) is 0 Å². The van der Waals surface area contributed by atoms with E-state index in [0.717, 1.165) is 57.8 Å². The standard InChI is InChI=1S/C27H40O4/c1-4-24(29)31-20-9-12-25(2)18(16-20)6-8-23-22(25)10-13-26(3)21(11-14-27(23,26)30)17-5-7-19(28)15-17/h18,20,22-23,30H,4-16H2,1-3H3/t18?,20?,22-,23+,25?,26?,27?/m0/s1. The van der Waals surface area contributed by atoms with Gasteiger partial charge in [0.25, 0.3) is 0 Å². The maximum atomic E-state index is 12.3. The Morgan fingerprint density at radius 3 is 2.55 bits per heavy atom. The van der Waals surface area contributed by atoms with Crippen molar-refractivity contribution in [1.82, 2.24) is 0 Å². The first-order valence-electron chi connectivity index (χ1n) is 12.9. The number of fused-ring (bicyclic) bond motifs is 5. The van der Waals surface area contributed by atoms with Crippen LogP contribution in [0.2, 0.25) is 0 Å². The van der Waals surface area contributed by atoms with Crippen molar-refractivity contribution in [1.29, 1.82) is 0 Å². The first-order chi connectivity index (χ1) is 14.7. The van der Waals surface area contributed by atoms with Gasteiger partial charge < -0.3 is 9.84 Å². The van der Waals surface area contributed by atoms with Crippen molar-refractivity contribution < 1.29 is 19.4 Å². The van der Waals surface area contributed by atoms with E-state index in [4.69, 9.17) is 4.74 Å². The van der Waals surface area contributed by atoms with Crippen molar-refractivity contribution in [2.75, 3.05) is 0 Å². The summed E-state index contributed by atoms with van der Waals surface area (Å²) in [5.74, 6) is 1.82. The third kappa shape index (κ3) is 3.10. The van der Waals surface area contributed by atoms with Gasteiger partial charge in [-0.25, -0.2) is 0 Å². The lowest BCUT2D eigenvalue weighted by molar-refractivity contribution is -0.199. The molecule has 0 bridgehead atoms. The largest absolute Gasteiger partial charge is 0.462 e. The molecule has 172 valence electrons. The lowest BCUT2D eigenvalue weighted by atomic mass is 9.43. The second kappa shape index (κ2) is 7.43. The van der Waals surface area contributed by atoms with Crippen LogP contribution in [-0.2, 0) is 14.3 Å². The molecule has 5 fully saturated rings. The number of esters is 1. The summed E-state index contributed by atoms with van der Waals surface area (Å²) in [6, 6.07) is 0. The number of hydrogen-bond donors (Lipinski definition) is 1. The Morgan fingerprint density at radius 1 is 1.03 bits per heavy atom. The molecule has 0 radical (unpaired) electrons. The topological polar surface area (TPSA) is 63.6 Å². The van der Waals surface area contributed by atoms with E-state index in [9.17, 15) is 14.7 Å². The predicted molar refractivity (Wildman–Crippen MR) is 119 cm³/mol. The Morgan fingerprint density at radius 2 is 1.84 bits per heavy atom. The van der Waals surface area contributed by atoms with Crippen LogP contribution in [-0.4, -0.2) is 28.6 Å². The fraction of sp³-hybridized carbons (Fsp3) is 0.852. The van der Waals surface area contributed by atoms with Crippen LogP contribution in [0.1, 0.15) is 104 Å². The highest BCUT2D eigenvalue weighted by Gasteiger charge is 2.66. The molecule has 0 amide bonds. The summed E-state index contributed by atoms with van der Waals surface area (Å²) in [6.07, 6.45) is 12.2. The second-order valence-corrected chi connectivity index (χ2v) is 11.8. The average Bonchev–Trinajstić information content (AvgIpc) is 3.28. The third-order valence-corrected chi connectivity index (χ3v) is 10.7. The van der Waals surface area contributed by atoms with Gasteiger partial charge in [0.15, 0.2) is 0 Å². The van der Waals surface area contributed by atoms with Crippen molar-refractivity contribution in [3.05, 3.63) is 11.1 Å². The normalized spacial score (nSPS) is 49.4. The summed E-state index contributed by atoms with van der Waals surface area (Å²) in [6.45, 7) is 6.66. The molecule has 4 nitrogen and oxygen atoms in total. The number of allylic oxidation sites excluding steroid dienone is 1. The lowest BCUT2D eigenvalue weighted by Crippen LogP contribution is -2.61. The Labute approximate surface area is 187 Å². The molecule has 0 aromatic heterocycles. The molecule has 0 aromatic carbocycles. The smallest absolute Gasteiger partial charge is 0.305 e. The zero-order valence-corrected chi connectivity index (χ0v) is 19.7. The van der Waals surface area contributed by atoms with E-state index in [2.05, 4.69) is 13.8 Å². The quantitative estimate of drug-likeness (QED) is 0.465. The van der Waals surface area contributed by atoms with Crippen LogP contribution in [0.4, 0.5) is 0 Å². The van der Waals surface area contributed by atoms with E-state index in [1.807, 2.05) is 6.92 Å². The first-order valence-corrected chi connectivity index (χ1v) is 12.9. The number of Topliss-reactive ketones (excluding diaryl/α,β-unsaturated/α-hetero) is 1. The summed E-state index contributed by atoms with van der Waals surface area (Å²) in [5, 5.41) is 12.3. The number of carbonyl (C=O) groups excluding carboxylic acids is 2. The molecule has 5 unspecified atom stereocenters. The van der Waals surface area contributed by atoms with E-state index < -0.39 is 5.60 Å². The van der Waals surface area contributed by atoms with Crippen molar-refractivity contribution >= 4 is 11.8 Å². The lowest BCUT2D eigenvalue weighted by Gasteiger charge is -2.63. The van der Waals surface area contributed by atoms with Gasteiger partial charge in [0.05, 0.1) is 5.60 Å². The average molecular weight is 429 g/mol. The Kier molecular flexibility index (Phi) is 5.20. The minimum atomic E-state index is -0.622. The highest BCUT2D eigenvalue weighted by Crippen LogP contribution is 2.69. The van der Waals surface area contributed by atoms with Crippen LogP contribution >= 0.6 is 0 Å². The van der Waals surface area contributed by atoms with E-state index >= 15 is 0 Å². The number of ketones is 1. The van der Waals surface area contributed by atoms with Gasteiger partial charge in [-0.3, -0.25) is 9.59 Å². The van der Waals surface area contributed by atoms with Crippen LogP contribution in [0.15, 0.2) is 11.1 Å². The highest BCUT2D eigenvalue weighted by atomic mass is 16.5. The van der Waals surface area contributed by atoms with Gasteiger partial charge in [-0.1, -0.05) is 31.9 Å². The Balaban J connectivity index is 1.39. The van der Waals surface area contributed by atoms with E-state index in [1.165, 1.54) is 17.6 Å². The van der Waals surface area contributed by atoms with Crippen LogP contribution < -0.4 is 0 Å². The van der Waals surface area contributed by atoms with Gasteiger partial charge in [-0.2, -0.15) is 0 Å². The number of hydrogen-bond acceptors (Lipinski definition) is 4. The number of aliphatic hydroxyl groups is 1. The number of rotatable bonds is 2. The van der Waals surface area contributed by atoms with Crippen LogP contribution in [0.5, 0.6) is 0 Å². The van der Waals surface area contributed by atoms with Gasteiger partial charge in [0.2, 0.25) is 0 Å². The maximum Gasteiger partial charge on any atom is 0.305 e. The zero-order chi connectivity index (χ0) is 22.0. The van der Waals surface area contributed by atoms with Gasteiger partial charge in [-0.15, -0.1) is 0 Å². The highest BCUT2D eigenvalue weighted by molar-refractivity contribution is 5.84. The summed E-state index contributed by atoms with van der Waals surface area (Å²) in [5.41, 5.74) is 2.28. The molecule has 5 saturated carbocycles. The molecule has 31 heavy (non-hydrogen) atoms. The fourth-order valence-corrected chi connectivity index (χ4v) is 8.90. The molecule has 0 aromatic rings. The molecule has 0 saturated heterocycles. The molecule has 5 aliphatic carbocycles. The number of carbonyl (C=O) groups is 2. The van der Waals surface area contributed by atoms with Crippen molar-refractivity contribution in [2.45, 2.75) is 116 Å². The molecule has 7 atom stereocenters. The van der Waals surface area contributed by atoms with Gasteiger partial charge in [-0.05, 0) is 87.4 Å². The van der Waals surface area contributed by atoms with E-state index in [-0.39, 0.29) is 22.9 Å². The summed E-state index contributed by atoms with van der Waals surface area (Å²) in [7, 11) is 0. The van der Waals surface area contributed by atoms with Gasteiger partial charge >= 0.3 is 5.97 Å². The predicted octanol–water partition coefficient (Wildman–Crippen LogP) is 5.52. The van der Waals surface area contributed by atoms with E-state index in [1.54, 1.807) is 0 Å². The van der Waals surface area contributed by atoms with Crippen LogP contribution in [0.3, 0.4) is 0 Å². The summed E-state index contributed by atoms with van der Waals surface area (Å²) >= 11 is 0.